The van der Waals surface area contributed by atoms with Crippen LogP contribution in [0.5, 0.6) is 5.75 Å². The van der Waals surface area contributed by atoms with Gasteiger partial charge in [-0.1, -0.05) is 30.5 Å². The molecule has 1 aromatic rings. The predicted molar refractivity (Wildman–Crippen MR) is 106 cm³/mol. The fourth-order valence-electron chi connectivity index (χ4n) is 3.21. The molecule has 1 aromatic carbocycles. The molecule has 0 spiro atoms. The SMILES string of the molecule is CCNC(=NCc1cc(C)ccc1OC(F)F)NCCC(=O)NC1CCCC1. The summed E-state index contributed by atoms with van der Waals surface area (Å²) in [6.07, 6.45) is 4.82. The summed E-state index contributed by atoms with van der Waals surface area (Å²) in [5.74, 6) is 0.679. The lowest BCUT2D eigenvalue weighted by molar-refractivity contribution is -0.121. The fourth-order valence-corrected chi connectivity index (χ4v) is 3.21. The number of rotatable bonds is 9. The van der Waals surface area contributed by atoms with E-state index in [1.165, 1.54) is 18.9 Å². The van der Waals surface area contributed by atoms with Crippen molar-refractivity contribution in [3.63, 3.8) is 0 Å². The summed E-state index contributed by atoms with van der Waals surface area (Å²) in [6, 6.07) is 5.33. The molecule has 0 bridgehead atoms. The van der Waals surface area contributed by atoms with Gasteiger partial charge in [-0.25, -0.2) is 4.99 Å². The van der Waals surface area contributed by atoms with E-state index in [0.29, 0.717) is 37.1 Å². The van der Waals surface area contributed by atoms with E-state index in [9.17, 15) is 13.6 Å². The maximum atomic E-state index is 12.6. The quantitative estimate of drug-likeness (QED) is 0.443. The molecular weight excluding hydrogens is 366 g/mol. The summed E-state index contributed by atoms with van der Waals surface area (Å²) < 4.78 is 29.7. The number of carbonyl (C=O) groups is 1. The Morgan fingerprint density at radius 2 is 2.04 bits per heavy atom. The molecule has 1 aliphatic rings. The van der Waals surface area contributed by atoms with Crippen molar-refractivity contribution < 1.29 is 18.3 Å². The summed E-state index contributed by atoms with van der Waals surface area (Å²) >= 11 is 0. The van der Waals surface area contributed by atoms with E-state index < -0.39 is 6.61 Å². The number of ether oxygens (including phenoxy) is 1. The Kier molecular flexibility index (Phi) is 8.97. The summed E-state index contributed by atoms with van der Waals surface area (Å²) in [5.41, 5.74) is 1.52. The van der Waals surface area contributed by atoms with Crippen molar-refractivity contribution in [2.75, 3.05) is 13.1 Å². The lowest BCUT2D eigenvalue weighted by Gasteiger charge is -2.14. The lowest BCUT2D eigenvalue weighted by atomic mass is 10.1. The van der Waals surface area contributed by atoms with Crippen molar-refractivity contribution in [1.29, 1.82) is 0 Å². The van der Waals surface area contributed by atoms with Gasteiger partial charge in [0.25, 0.3) is 0 Å². The number of aliphatic imine (C=N–C) groups is 1. The second kappa shape index (κ2) is 11.5. The van der Waals surface area contributed by atoms with Gasteiger partial charge in [0.15, 0.2) is 5.96 Å². The van der Waals surface area contributed by atoms with Crippen LogP contribution in [0.15, 0.2) is 23.2 Å². The van der Waals surface area contributed by atoms with Crippen LogP contribution >= 0.6 is 0 Å². The van der Waals surface area contributed by atoms with Gasteiger partial charge in [-0.15, -0.1) is 0 Å². The number of aryl methyl sites for hydroxylation is 1. The number of carbonyl (C=O) groups excluding carboxylic acids is 1. The Labute approximate surface area is 165 Å². The first-order chi connectivity index (χ1) is 13.5. The van der Waals surface area contributed by atoms with Crippen LogP contribution in [0.25, 0.3) is 0 Å². The monoisotopic (exact) mass is 396 g/mol. The van der Waals surface area contributed by atoms with Gasteiger partial charge in [-0.05, 0) is 32.8 Å². The van der Waals surface area contributed by atoms with Gasteiger partial charge in [-0.3, -0.25) is 4.79 Å². The van der Waals surface area contributed by atoms with Crippen LogP contribution in [-0.4, -0.2) is 37.6 Å². The van der Waals surface area contributed by atoms with Crippen LogP contribution in [0, 0.1) is 6.92 Å². The maximum Gasteiger partial charge on any atom is 0.387 e. The third-order valence-electron chi connectivity index (χ3n) is 4.55. The molecule has 3 N–H and O–H groups in total. The molecule has 28 heavy (non-hydrogen) atoms. The largest absolute Gasteiger partial charge is 0.434 e. The number of hydrogen-bond donors (Lipinski definition) is 3. The van der Waals surface area contributed by atoms with Gasteiger partial charge < -0.3 is 20.7 Å². The van der Waals surface area contributed by atoms with Crippen LogP contribution in [0.4, 0.5) is 8.78 Å². The number of halogens is 2. The van der Waals surface area contributed by atoms with Crippen molar-refractivity contribution >= 4 is 11.9 Å². The Balaban J connectivity index is 1.89. The lowest BCUT2D eigenvalue weighted by Crippen LogP contribution is -2.40. The van der Waals surface area contributed by atoms with Crippen LogP contribution in [0.1, 0.15) is 50.2 Å². The van der Waals surface area contributed by atoms with Crippen molar-refractivity contribution in [3.05, 3.63) is 29.3 Å². The molecule has 1 aliphatic carbocycles. The van der Waals surface area contributed by atoms with Crippen molar-refractivity contribution in [2.45, 2.75) is 65.1 Å². The molecule has 156 valence electrons. The highest BCUT2D eigenvalue weighted by molar-refractivity contribution is 5.81. The minimum absolute atomic E-state index is 0.0292. The van der Waals surface area contributed by atoms with Crippen LogP contribution < -0.4 is 20.7 Å². The number of guanidine groups is 1. The van der Waals surface area contributed by atoms with Crippen LogP contribution in [0.3, 0.4) is 0 Å². The Morgan fingerprint density at radius 1 is 1.29 bits per heavy atom. The number of benzene rings is 1. The second-order valence-electron chi connectivity index (χ2n) is 6.91. The number of alkyl halides is 2. The third-order valence-corrected chi connectivity index (χ3v) is 4.55. The number of amides is 1. The van der Waals surface area contributed by atoms with Crippen LogP contribution in [-0.2, 0) is 11.3 Å². The molecule has 8 heteroatoms. The van der Waals surface area contributed by atoms with E-state index in [1.807, 2.05) is 13.8 Å². The summed E-state index contributed by atoms with van der Waals surface area (Å²) in [7, 11) is 0. The Morgan fingerprint density at radius 3 is 2.71 bits per heavy atom. The zero-order chi connectivity index (χ0) is 20.4. The summed E-state index contributed by atoms with van der Waals surface area (Å²) in [4.78, 5) is 16.4. The first kappa shape index (κ1) is 21.9. The first-order valence-electron chi connectivity index (χ1n) is 9.83. The predicted octanol–water partition coefficient (Wildman–Crippen LogP) is 3.10. The first-order valence-corrected chi connectivity index (χ1v) is 9.83. The van der Waals surface area contributed by atoms with E-state index in [-0.39, 0.29) is 18.2 Å². The van der Waals surface area contributed by atoms with E-state index in [0.717, 1.165) is 18.4 Å². The molecular formula is C20H30F2N4O2. The standard InChI is InChI=1S/C20H30F2N4O2/c1-3-23-20(24-11-10-18(27)26-16-6-4-5-7-16)25-13-15-12-14(2)8-9-17(15)28-19(21)22/h8-9,12,16,19H,3-7,10-11,13H2,1-2H3,(H,26,27)(H2,23,24,25). The van der Waals surface area contributed by atoms with Gasteiger partial charge in [0, 0.05) is 31.1 Å². The Hall–Kier alpha value is -2.38. The zero-order valence-corrected chi connectivity index (χ0v) is 16.6. The smallest absolute Gasteiger partial charge is 0.387 e. The van der Waals surface area contributed by atoms with E-state index >= 15 is 0 Å². The molecule has 0 atom stereocenters. The van der Waals surface area contributed by atoms with Gasteiger partial charge >= 0.3 is 6.61 Å². The Bertz CT molecular complexity index is 662. The maximum absolute atomic E-state index is 12.6. The highest BCUT2D eigenvalue weighted by atomic mass is 19.3. The zero-order valence-electron chi connectivity index (χ0n) is 16.6. The normalized spacial score (nSPS) is 15.0. The minimum Gasteiger partial charge on any atom is -0.434 e. The minimum atomic E-state index is -2.88. The van der Waals surface area contributed by atoms with Gasteiger partial charge in [0.1, 0.15) is 5.75 Å². The molecule has 0 radical (unpaired) electrons. The number of hydrogen-bond acceptors (Lipinski definition) is 3. The highest BCUT2D eigenvalue weighted by Gasteiger charge is 2.16. The molecule has 6 nitrogen and oxygen atoms in total. The number of nitrogens with zero attached hydrogens (tertiary/aromatic N) is 1. The molecule has 0 heterocycles. The molecule has 1 fully saturated rings. The van der Waals surface area contributed by atoms with Gasteiger partial charge in [0.05, 0.1) is 6.54 Å². The van der Waals surface area contributed by atoms with Gasteiger partial charge in [0.2, 0.25) is 5.91 Å². The van der Waals surface area contributed by atoms with Crippen molar-refractivity contribution in [3.8, 4) is 5.75 Å². The molecule has 0 unspecified atom stereocenters. The van der Waals surface area contributed by atoms with Crippen LogP contribution in [0.2, 0.25) is 0 Å². The molecule has 0 aromatic heterocycles. The van der Waals surface area contributed by atoms with Crippen molar-refractivity contribution in [1.82, 2.24) is 16.0 Å². The van der Waals surface area contributed by atoms with Crippen molar-refractivity contribution in [2.24, 2.45) is 4.99 Å². The highest BCUT2D eigenvalue weighted by Crippen LogP contribution is 2.23. The summed E-state index contributed by atoms with van der Waals surface area (Å²) in [6.45, 7) is 2.21. The molecule has 1 amide bonds. The van der Waals surface area contributed by atoms with Gasteiger partial charge in [-0.2, -0.15) is 8.78 Å². The average Bonchev–Trinajstić information content (AvgIpc) is 3.14. The van der Waals surface area contributed by atoms with E-state index in [2.05, 4.69) is 25.7 Å². The topological polar surface area (TPSA) is 74.8 Å². The van der Waals surface area contributed by atoms with E-state index in [1.54, 1.807) is 12.1 Å². The fraction of sp³-hybridized carbons (Fsp3) is 0.600. The molecule has 0 aliphatic heterocycles. The molecule has 1 saturated carbocycles. The van der Waals surface area contributed by atoms with E-state index in [4.69, 9.17) is 0 Å². The third kappa shape index (κ3) is 7.70. The average molecular weight is 396 g/mol. The second-order valence-corrected chi connectivity index (χ2v) is 6.91. The molecule has 0 saturated heterocycles. The number of nitrogens with one attached hydrogen (secondary N) is 3. The molecule has 2 rings (SSSR count). The summed E-state index contributed by atoms with van der Waals surface area (Å²) in [5, 5.41) is 9.25.